The molecule has 4 heteroatoms. The van der Waals surface area contributed by atoms with Crippen molar-refractivity contribution in [3.05, 3.63) is 65.2 Å². The summed E-state index contributed by atoms with van der Waals surface area (Å²) in [6, 6.07) is 15.2. The van der Waals surface area contributed by atoms with Gasteiger partial charge in [-0.15, -0.1) is 0 Å². The molecule has 1 N–H and O–H groups in total. The topological polar surface area (TPSA) is 50.7 Å². The van der Waals surface area contributed by atoms with Crippen molar-refractivity contribution in [3.63, 3.8) is 0 Å². The van der Waals surface area contributed by atoms with Gasteiger partial charge in [-0.1, -0.05) is 42.0 Å². The summed E-state index contributed by atoms with van der Waals surface area (Å²) >= 11 is 0. The number of para-hydroxylation sites is 1. The Kier molecular flexibility index (Phi) is 5.10. The van der Waals surface area contributed by atoms with E-state index in [2.05, 4.69) is 16.6 Å². The molecule has 0 saturated heterocycles. The number of hydrogen-bond donors (Lipinski definition) is 1. The molecule has 0 aliphatic heterocycles. The molecule has 108 valence electrons. The molecule has 0 unspecified atom stereocenters. The molecule has 0 bridgehead atoms. The maximum absolute atomic E-state index is 11.6. The Balaban J connectivity index is 1.82. The smallest absolute Gasteiger partial charge is 0.277 e. The van der Waals surface area contributed by atoms with Crippen LogP contribution in [0.25, 0.3) is 0 Å². The fourth-order valence-corrected chi connectivity index (χ4v) is 1.84. The summed E-state index contributed by atoms with van der Waals surface area (Å²) in [5.41, 5.74) is 5.74. The first-order chi connectivity index (χ1) is 10.1. The number of hydrazone groups is 1. The minimum absolute atomic E-state index is 0.0613. The molecule has 0 aliphatic rings. The number of hydrogen-bond acceptors (Lipinski definition) is 3. The highest BCUT2D eigenvalue weighted by Gasteiger charge is 2.01. The number of ether oxygens (including phenoxy) is 1. The van der Waals surface area contributed by atoms with E-state index >= 15 is 0 Å². The molecule has 0 aromatic heterocycles. The van der Waals surface area contributed by atoms with E-state index in [1.165, 1.54) is 5.56 Å². The molecule has 2 aromatic rings. The van der Waals surface area contributed by atoms with Crippen molar-refractivity contribution < 1.29 is 9.53 Å². The molecular formula is C17H18N2O2. The van der Waals surface area contributed by atoms with Crippen LogP contribution in [-0.2, 0) is 4.79 Å². The number of benzene rings is 2. The summed E-state index contributed by atoms with van der Waals surface area (Å²) in [4.78, 5) is 11.6. The predicted molar refractivity (Wildman–Crippen MR) is 83.6 cm³/mol. The standard InChI is InChI=1S/C17H18N2O2/c1-13-8-9-15(14(2)10-13)11-18-19-17(20)12-21-16-6-4-3-5-7-16/h3-11H,12H2,1-2H3,(H,19,20). The molecule has 0 spiro atoms. The van der Waals surface area contributed by atoms with Gasteiger partial charge in [0.05, 0.1) is 6.21 Å². The summed E-state index contributed by atoms with van der Waals surface area (Å²) in [6.45, 7) is 3.99. The molecule has 0 heterocycles. The van der Waals surface area contributed by atoms with Gasteiger partial charge in [-0.25, -0.2) is 5.43 Å². The predicted octanol–water partition coefficient (Wildman–Crippen LogP) is 2.83. The van der Waals surface area contributed by atoms with Crippen molar-refractivity contribution in [2.45, 2.75) is 13.8 Å². The van der Waals surface area contributed by atoms with Gasteiger partial charge in [-0.2, -0.15) is 5.10 Å². The van der Waals surface area contributed by atoms with Gasteiger partial charge in [-0.3, -0.25) is 4.79 Å². The van der Waals surface area contributed by atoms with E-state index in [0.29, 0.717) is 5.75 Å². The van der Waals surface area contributed by atoms with Gasteiger partial charge in [0.25, 0.3) is 5.91 Å². The Morgan fingerprint density at radius 1 is 1.19 bits per heavy atom. The highest BCUT2D eigenvalue weighted by atomic mass is 16.5. The van der Waals surface area contributed by atoms with Crippen LogP contribution >= 0.6 is 0 Å². The van der Waals surface area contributed by atoms with Crippen LogP contribution in [0.3, 0.4) is 0 Å². The van der Waals surface area contributed by atoms with E-state index in [1.54, 1.807) is 18.3 Å². The van der Waals surface area contributed by atoms with Gasteiger partial charge in [0.1, 0.15) is 5.75 Å². The zero-order valence-corrected chi connectivity index (χ0v) is 12.2. The number of nitrogens with one attached hydrogen (secondary N) is 1. The minimum Gasteiger partial charge on any atom is -0.484 e. The maximum Gasteiger partial charge on any atom is 0.277 e. The Morgan fingerprint density at radius 2 is 1.95 bits per heavy atom. The lowest BCUT2D eigenvalue weighted by molar-refractivity contribution is -0.123. The lowest BCUT2D eigenvalue weighted by Crippen LogP contribution is -2.24. The monoisotopic (exact) mass is 282 g/mol. The van der Waals surface area contributed by atoms with Gasteiger partial charge in [-0.05, 0) is 37.1 Å². The zero-order valence-electron chi connectivity index (χ0n) is 12.2. The molecule has 2 aromatic carbocycles. The third-order valence-electron chi connectivity index (χ3n) is 2.93. The molecule has 0 fully saturated rings. The Bertz CT molecular complexity index is 636. The Hall–Kier alpha value is -2.62. The number of carbonyl (C=O) groups excluding carboxylic acids is 1. The van der Waals surface area contributed by atoms with E-state index in [9.17, 15) is 4.79 Å². The molecule has 0 aliphatic carbocycles. The summed E-state index contributed by atoms with van der Waals surface area (Å²) in [6.07, 6.45) is 1.63. The van der Waals surface area contributed by atoms with Crippen molar-refractivity contribution >= 4 is 12.1 Å². The first-order valence-electron chi connectivity index (χ1n) is 6.72. The van der Waals surface area contributed by atoms with Gasteiger partial charge in [0.2, 0.25) is 0 Å². The lowest BCUT2D eigenvalue weighted by Gasteiger charge is -2.04. The highest BCUT2D eigenvalue weighted by molar-refractivity contribution is 5.84. The van der Waals surface area contributed by atoms with E-state index < -0.39 is 0 Å². The second-order valence-electron chi connectivity index (χ2n) is 4.75. The van der Waals surface area contributed by atoms with Crippen LogP contribution in [-0.4, -0.2) is 18.7 Å². The second-order valence-corrected chi connectivity index (χ2v) is 4.75. The average Bonchev–Trinajstić information content (AvgIpc) is 2.48. The highest BCUT2D eigenvalue weighted by Crippen LogP contribution is 2.08. The fourth-order valence-electron chi connectivity index (χ4n) is 1.84. The normalized spacial score (nSPS) is 10.6. The first-order valence-corrected chi connectivity index (χ1v) is 6.72. The number of nitrogens with zero attached hydrogens (tertiary/aromatic N) is 1. The molecule has 1 amide bonds. The van der Waals surface area contributed by atoms with Gasteiger partial charge in [0, 0.05) is 0 Å². The summed E-state index contributed by atoms with van der Waals surface area (Å²) < 4.78 is 5.32. The molecule has 0 radical (unpaired) electrons. The Labute approximate surface area is 124 Å². The van der Waals surface area contributed by atoms with E-state index in [0.717, 1.165) is 11.1 Å². The molecule has 0 atom stereocenters. The summed E-state index contributed by atoms with van der Waals surface area (Å²) in [5.74, 6) is 0.367. The molecule has 2 rings (SSSR count). The van der Waals surface area contributed by atoms with E-state index in [4.69, 9.17) is 4.74 Å². The zero-order chi connectivity index (χ0) is 15.1. The number of rotatable bonds is 5. The van der Waals surface area contributed by atoms with Crippen LogP contribution < -0.4 is 10.2 Å². The molecule has 4 nitrogen and oxygen atoms in total. The molecule has 21 heavy (non-hydrogen) atoms. The average molecular weight is 282 g/mol. The van der Waals surface area contributed by atoms with Crippen LogP contribution in [0.4, 0.5) is 0 Å². The molecule has 0 saturated carbocycles. The van der Waals surface area contributed by atoms with Crippen LogP contribution in [0, 0.1) is 13.8 Å². The van der Waals surface area contributed by atoms with Crippen LogP contribution in [0.1, 0.15) is 16.7 Å². The number of aryl methyl sites for hydroxylation is 2. The third-order valence-corrected chi connectivity index (χ3v) is 2.93. The van der Waals surface area contributed by atoms with Crippen molar-refractivity contribution in [2.75, 3.05) is 6.61 Å². The third kappa shape index (κ3) is 4.76. The van der Waals surface area contributed by atoms with Crippen molar-refractivity contribution in [2.24, 2.45) is 5.10 Å². The SMILES string of the molecule is Cc1ccc(C=NNC(=O)COc2ccccc2)c(C)c1. The lowest BCUT2D eigenvalue weighted by atomic mass is 10.1. The first kappa shape index (κ1) is 14.8. The molecular weight excluding hydrogens is 264 g/mol. The largest absolute Gasteiger partial charge is 0.484 e. The second kappa shape index (κ2) is 7.24. The Morgan fingerprint density at radius 3 is 2.67 bits per heavy atom. The number of amides is 1. The van der Waals surface area contributed by atoms with Crippen LogP contribution in [0.2, 0.25) is 0 Å². The summed E-state index contributed by atoms with van der Waals surface area (Å²) in [7, 11) is 0. The maximum atomic E-state index is 11.6. The van der Waals surface area contributed by atoms with Crippen molar-refractivity contribution in [1.29, 1.82) is 0 Å². The number of carbonyl (C=O) groups is 1. The van der Waals surface area contributed by atoms with Gasteiger partial charge < -0.3 is 4.74 Å². The van der Waals surface area contributed by atoms with Crippen LogP contribution in [0.15, 0.2) is 53.6 Å². The van der Waals surface area contributed by atoms with E-state index in [-0.39, 0.29) is 12.5 Å². The quantitative estimate of drug-likeness (QED) is 0.677. The van der Waals surface area contributed by atoms with Crippen molar-refractivity contribution in [3.8, 4) is 5.75 Å². The van der Waals surface area contributed by atoms with Crippen molar-refractivity contribution in [1.82, 2.24) is 5.43 Å². The minimum atomic E-state index is -0.292. The van der Waals surface area contributed by atoms with Gasteiger partial charge >= 0.3 is 0 Å². The van der Waals surface area contributed by atoms with Gasteiger partial charge in [0.15, 0.2) is 6.61 Å². The van der Waals surface area contributed by atoms with E-state index in [1.807, 2.05) is 44.2 Å². The fraction of sp³-hybridized carbons (Fsp3) is 0.176. The van der Waals surface area contributed by atoms with Crippen LogP contribution in [0.5, 0.6) is 5.75 Å². The summed E-state index contributed by atoms with van der Waals surface area (Å²) in [5, 5.41) is 3.94.